The summed E-state index contributed by atoms with van der Waals surface area (Å²) in [7, 11) is 0. The van der Waals surface area contributed by atoms with Gasteiger partial charge in [0.15, 0.2) is 3.95 Å². The second-order valence-electron chi connectivity index (χ2n) is 6.03. The fraction of sp³-hybridized carbons (Fsp3) is 0.0952. The van der Waals surface area contributed by atoms with Crippen LogP contribution < -0.4 is 0 Å². The number of carbonyl (C=O) groups excluding carboxylic acids is 1. The Bertz CT molecular complexity index is 1170. The molecule has 3 aromatic rings. The lowest BCUT2D eigenvalue weighted by Crippen LogP contribution is -2.04. The number of thiazole rings is 1. The van der Waals surface area contributed by atoms with Crippen LogP contribution in [0.3, 0.4) is 0 Å². The van der Waals surface area contributed by atoms with E-state index in [0.717, 1.165) is 16.8 Å². The van der Waals surface area contributed by atoms with Gasteiger partial charge in [-0.1, -0.05) is 18.2 Å². The van der Waals surface area contributed by atoms with Crippen molar-refractivity contribution in [3.8, 4) is 11.6 Å². The maximum absolute atomic E-state index is 11.8. The van der Waals surface area contributed by atoms with Crippen LogP contribution in [0.4, 0.5) is 5.69 Å². The van der Waals surface area contributed by atoms with Crippen molar-refractivity contribution in [1.82, 2.24) is 4.57 Å². The van der Waals surface area contributed by atoms with Gasteiger partial charge in [0.2, 0.25) is 5.88 Å². The van der Waals surface area contributed by atoms with Crippen molar-refractivity contribution in [2.45, 2.75) is 6.92 Å². The summed E-state index contributed by atoms with van der Waals surface area (Å²) >= 11 is 6.77. The number of hydrogen-bond acceptors (Lipinski definition) is 6. The summed E-state index contributed by atoms with van der Waals surface area (Å²) in [4.78, 5) is 16.8. The lowest BCUT2D eigenvalue weighted by molar-refractivity contribution is 0.0526. The predicted molar refractivity (Wildman–Crippen MR) is 115 cm³/mol. The number of nitrogens with zero attached hydrogens (tertiary/aromatic N) is 2. The standard InChI is InChI=1S/C21H16N2O3S2/c1-2-26-20(25)13-7-9-15(10-8-13)23-19(24)18(28-21(23)27)11-14-12-22-17-6-4-3-5-16(14)17/h3-12,24H,2H2,1H3/b14-11+. The van der Waals surface area contributed by atoms with E-state index >= 15 is 0 Å². The molecule has 0 unspecified atom stereocenters. The van der Waals surface area contributed by atoms with Crippen molar-refractivity contribution in [3.63, 3.8) is 0 Å². The molecule has 2 aromatic carbocycles. The Morgan fingerprint density at radius 2 is 2.00 bits per heavy atom. The molecular formula is C21H16N2O3S2. The number of carbonyl (C=O) groups is 1. The van der Waals surface area contributed by atoms with Crippen molar-refractivity contribution in [1.29, 1.82) is 0 Å². The third-order valence-corrected chi connectivity index (χ3v) is 5.60. The zero-order valence-corrected chi connectivity index (χ0v) is 16.6. The molecule has 0 aliphatic carbocycles. The first-order valence-corrected chi connectivity index (χ1v) is 9.88. The highest BCUT2D eigenvalue weighted by Gasteiger charge is 2.16. The van der Waals surface area contributed by atoms with E-state index in [0.29, 0.717) is 26.7 Å². The first-order chi connectivity index (χ1) is 13.6. The number of fused-ring (bicyclic) bond motifs is 1. The molecule has 140 valence electrons. The van der Waals surface area contributed by atoms with Crippen molar-refractivity contribution in [2.75, 3.05) is 6.61 Å². The third-order valence-electron chi connectivity index (χ3n) is 4.29. The topological polar surface area (TPSA) is 63.8 Å². The monoisotopic (exact) mass is 408 g/mol. The summed E-state index contributed by atoms with van der Waals surface area (Å²) in [6.45, 7) is 2.08. The molecule has 0 amide bonds. The summed E-state index contributed by atoms with van der Waals surface area (Å²) < 4.78 is 7.09. The minimum atomic E-state index is -0.378. The molecule has 7 heteroatoms. The van der Waals surface area contributed by atoms with Gasteiger partial charge in [0.05, 0.1) is 28.4 Å². The maximum Gasteiger partial charge on any atom is 0.338 e. The number of esters is 1. The van der Waals surface area contributed by atoms with Gasteiger partial charge in [0.1, 0.15) is 0 Å². The molecule has 0 fully saturated rings. The molecule has 1 aliphatic rings. The van der Waals surface area contributed by atoms with Gasteiger partial charge >= 0.3 is 5.97 Å². The Labute approximate surface area is 170 Å². The number of aromatic nitrogens is 1. The second-order valence-corrected chi connectivity index (χ2v) is 7.71. The number of ether oxygens (including phenoxy) is 1. The number of aromatic hydroxyl groups is 1. The molecule has 0 bridgehead atoms. The highest BCUT2D eigenvalue weighted by molar-refractivity contribution is 7.73. The van der Waals surface area contributed by atoms with E-state index in [2.05, 4.69) is 4.99 Å². The molecule has 1 aliphatic heterocycles. The lowest BCUT2D eigenvalue weighted by atomic mass is 10.1. The van der Waals surface area contributed by atoms with Gasteiger partial charge in [-0.15, -0.1) is 11.3 Å². The van der Waals surface area contributed by atoms with E-state index in [1.165, 1.54) is 11.3 Å². The molecule has 0 spiro atoms. The van der Waals surface area contributed by atoms with Crippen LogP contribution in [0.2, 0.25) is 0 Å². The molecule has 1 N–H and O–H groups in total. The minimum Gasteiger partial charge on any atom is -0.493 e. The first-order valence-electron chi connectivity index (χ1n) is 8.66. The Morgan fingerprint density at radius 1 is 1.25 bits per heavy atom. The largest absolute Gasteiger partial charge is 0.493 e. The molecule has 0 saturated heterocycles. The summed E-state index contributed by atoms with van der Waals surface area (Å²) in [6, 6.07) is 14.6. The molecule has 1 aromatic heterocycles. The summed E-state index contributed by atoms with van der Waals surface area (Å²) in [6.07, 6.45) is 3.67. The first kappa shape index (κ1) is 18.3. The quantitative estimate of drug-likeness (QED) is 0.463. The van der Waals surface area contributed by atoms with Crippen molar-refractivity contribution < 1.29 is 14.6 Å². The Balaban J connectivity index is 1.70. The third kappa shape index (κ3) is 3.30. The van der Waals surface area contributed by atoms with Crippen molar-refractivity contribution in [2.24, 2.45) is 4.99 Å². The maximum atomic E-state index is 11.8. The number of hydrogen-bond donors (Lipinski definition) is 1. The zero-order valence-electron chi connectivity index (χ0n) is 15.0. The molecule has 28 heavy (non-hydrogen) atoms. The van der Waals surface area contributed by atoms with Crippen molar-refractivity contribution in [3.05, 3.63) is 68.5 Å². The summed E-state index contributed by atoms with van der Waals surface area (Å²) in [5.41, 5.74) is 3.98. The fourth-order valence-corrected chi connectivity index (χ4v) is 4.26. The molecule has 4 rings (SSSR count). The minimum absolute atomic E-state index is 0.0594. The molecule has 5 nitrogen and oxygen atoms in total. The Morgan fingerprint density at radius 3 is 2.75 bits per heavy atom. The van der Waals surface area contributed by atoms with Crippen LogP contribution in [-0.2, 0) is 4.74 Å². The van der Waals surface area contributed by atoms with Gasteiger partial charge in [-0.05, 0) is 55.5 Å². The highest BCUT2D eigenvalue weighted by Crippen LogP contribution is 2.36. The van der Waals surface area contributed by atoms with Crippen LogP contribution in [0.5, 0.6) is 5.88 Å². The lowest BCUT2D eigenvalue weighted by Gasteiger charge is -2.06. The van der Waals surface area contributed by atoms with Gasteiger partial charge in [-0.2, -0.15) is 0 Å². The van der Waals surface area contributed by atoms with Crippen LogP contribution in [-0.4, -0.2) is 28.5 Å². The fourth-order valence-electron chi connectivity index (χ4n) is 2.96. The smallest absolute Gasteiger partial charge is 0.338 e. The van der Waals surface area contributed by atoms with Gasteiger partial charge in [0, 0.05) is 17.4 Å². The van der Waals surface area contributed by atoms with Crippen LogP contribution >= 0.6 is 23.6 Å². The van der Waals surface area contributed by atoms with Crippen LogP contribution in [0.15, 0.2) is 53.5 Å². The highest BCUT2D eigenvalue weighted by atomic mass is 32.1. The Kier molecular flexibility index (Phi) is 4.93. The van der Waals surface area contributed by atoms with E-state index in [-0.39, 0.29) is 11.8 Å². The number of rotatable bonds is 4. The van der Waals surface area contributed by atoms with Gasteiger partial charge in [-0.25, -0.2) is 4.79 Å². The summed E-state index contributed by atoms with van der Waals surface area (Å²) in [5, 5.41) is 10.8. The number of benzene rings is 2. The average Bonchev–Trinajstić information content (AvgIpc) is 3.23. The average molecular weight is 409 g/mol. The zero-order chi connectivity index (χ0) is 19.7. The molecule has 2 heterocycles. The Hall–Kier alpha value is -3.03. The predicted octanol–water partition coefficient (Wildman–Crippen LogP) is 5.41. The van der Waals surface area contributed by atoms with Gasteiger partial charge in [0.25, 0.3) is 0 Å². The van der Waals surface area contributed by atoms with Gasteiger partial charge < -0.3 is 9.84 Å². The number of para-hydroxylation sites is 1. The van der Waals surface area contributed by atoms with E-state index in [1.807, 2.05) is 30.3 Å². The van der Waals surface area contributed by atoms with Crippen molar-refractivity contribution >= 4 is 53.1 Å². The van der Waals surface area contributed by atoms with E-state index in [9.17, 15) is 9.90 Å². The molecule has 0 atom stereocenters. The number of aliphatic imine (C=N–C) groups is 1. The van der Waals surface area contributed by atoms with Gasteiger partial charge in [-0.3, -0.25) is 9.56 Å². The SMILES string of the molecule is CCOC(=O)c1ccc(-n2c(O)c(/C=C3\C=Nc4ccccc43)sc2=S)cc1. The van der Waals surface area contributed by atoms with E-state index in [4.69, 9.17) is 17.0 Å². The van der Waals surface area contributed by atoms with E-state index in [1.54, 1.807) is 42.0 Å². The summed E-state index contributed by atoms with van der Waals surface area (Å²) in [5.74, 6) is -0.319. The van der Waals surface area contributed by atoms with Crippen LogP contribution in [0, 0.1) is 3.95 Å². The van der Waals surface area contributed by atoms with Crippen LogP contribution in [0.25, 0.3) is 17.3 Å². The number of allylic oxidation sites excluding steroid dienone is 1. The second kappa shape index (κ2) is 7.53. The molecular weight excluding hydrogens is 392 g/mol. The normalized spacial score (nSPS) is 13.7. The molecule has 0 saturated carbocycles. The molecule has 0 radical (unpaired) electrons. The van der Waals surface area contributed by atoms with Crippen LogP contribution in [0.1, 0.15) is 27.7 Å². The van der Waals surface area contributed by atoms with E-state index < -0.39 is 0 Å².